The van der Waals surface area contributed by atoms with Crippen molar-refractivity contribution in [2.45, 2.75) is 12.8 Å². The van der Waals surface area contributed by atoms with E-state index in [-0.39, 0.29) is 23.3 Å². The number of hydrogen-bond donors (Lipinski definition) is 2. The highest BCUT2D eigenvalue weighted by atomic mass is 32.2. The lowest BCUT2D eigenvalue weighted by atomic mass is 10.0. The van der Waals surface area contributed by atoms with Crippen molar-refractivity contribution in [3.05, 3.63) is 55.3 Å². The van der Waals surface area contributed by atoms with Crippen molar-refractivity contribution >= 4 is 32.9 Å². The Bertz CT molecular complexity index is 1150. The van der Waals surface area contributed by atoms with Gasteiger partial charge in [0.15, 0.2) is 0 Å². The molecule has 0 radical (unpaired) electrons. The third-order valence-corrected chi connectivity index (χ3v) is 5.53. The summed E-state index contributed by atoms with van der Waals surface area (Å²) in [6, 6.07) is 10.5. The number of aromatic nitrogens is 2. The van der Waals surface area contributed by atoms with Crippen LogP contribution in [0.1, 0.15) is 12.8 Å². The second-order valence-corrected chi connectivity index (χ2v) is 8.29. The maximum absolute atomic E-state index is 12.1. The van der Waals surface area contributed by atoms with E-state index in [1.165, 1.54) is 6.08 Å². The van der Waals surface area contributed by atoms with Gasteiger partial charge in [-0.2, -0.15) is 8.42 Å². The molecule has 1 aliphatic carbocycles. The molecule has 3 aromatic rings. The largest absolute Gasteiger partial charge is 0.382 e. The zero-order valence-corrected chi connectivity index (χ0v) is 15.8. The molecule has 4 rings (SSSR count). The Labute approximate surface area is 162 Å². The molecule has 0 spiro atoms. The van der Waals surface area contributed by atoms with E-state index in [1.54, 1.807) is 30.5 Å². The highest BCUT2D eigenvalue weighted by Crippen LogP contribution is 2.33. The maximum atomic E-state index is 12.1. The summed E-state index contributed by atoms with van der Waals surface area (Å²) >= 11 is 0. The molecule has 1 fully saturated rings. The van der Waals surface area contributed by atoms with Gasteiger partial charge in [0.1, 0.15) is 23.0 Å². The van der Waals surface area contributed by atoms with Gasteiger partial charge in [-0.25, -0.2) is 4.98 Å². The predicted molar refractivity (Wildman–Crippen MR) is 107 cm³/mol. The highest BCUT2D eigenvalue weighted by Gasteiger charge is 2.30. The van der Waals surface area contributed by atoms with Crippen LogP contribution in [0, 0.1) is 5.92 Å². The van der Waals surface area contributed by atoms with Gasteiger partial charge in [0.05, 0.1) is 0 Å². The lowest BCUT2D eigenvalue weighted by Crippen LogP contribution is -2.14. The number of rotatable bonds is 7. The van der Waals surface area contributed by atoms with Crippen molar-refractivity contribution in [2.24, 2.45) is 5.92 Å². The summed E-state index contributed by atoms with van der Waals surface area (Å²) < 4.78 is 28.6. The first-order chi connectivity index (χ1) is 13.4. The minimum Gasteiger partial charge on any atom is -0.382 e. The molecule has 0 saturated heterocycles. The number of hydrogen-bond acceptors (Lipinski definition) is 5. The van der Waals surface area contributed by atoms with Gasteiger partial charge in [0.2, 0.25) is 5.91 Å². The average Bonchev–Trinajstić information content (AvgIpc) is 3.40. The van der Waals surface area contributed by atoms with E-state index in [1.807, 2.05) is 12.1 Å². The molecule has 2 heterocycles. The van der Waals surface area contributed by atoms with Crippen LogP contribution in [-0.2, 0) is 14.9 Å². The Kier molecular flexibility index (Phi) is 4.64. The Morgan fingerprint density at radius 3 is 2.71 bits per heavy atom. The lowest BCUT2D eigenvalue weighted by Gasteiger charge is -2.10. The summed E-state index contributed by atoms with van der Waals surface area (Å²) in [5.74, 6) is 0.523. The molecule has 1 amide bonds. The number of benzene rings is 1. The summed E-state index contributed by atoms with van der Waals surface area (Å²) in [7, 11) is -3.69. The van der Waals surface area contributed by atoms with Crippen LogP contribution in [0.2, 0.25) is 0 Å². The van der Waals surface area contributed by atoms with E-state index in [0.717, 1.165) is 29.4 Å². The first-order valence-corrected chi connectivity index (χ1v) is 10.5. The van der Waals surface area contributed by atoms with Crippen molar-refractivity contribution in [3.63, 3.8) is 0 Å². The minimum absolute atomic E-state index is 0.0134. The quantitative estimate of drug-likeness (QED) is 0.470. The number of anilines is 1. The van der Waals surface area contributed by atoms with Gasteiger partial charge < -0.3 is 14.5 Å². The first-order valence-electron chi connectivity index (χ1n) is 8.88. The second kappa shape index (κ2) is 7.12. The number of nitrogens with zero attached hydrogens (tertiary/aromatic N) is 1. The van der Waals surface area contributed by atoms with Gasteiger partial charge in [-0.3, -0.25) is 4.79 Å². The van der Waals surface area contributed by atoms with E-state index >= 15 is 0 Å². The zero-order chi connectivity index (χ0) is 19.7. The molecular weight excluding hydrogens is 378 g/mol. The number of aromatic amines is 1. The highest BCUT2D eigenvalue weighted by molar-refractivity contribution is 7.87. The SMILES string of the molecule is C=CCS(=O)(=O)Oc1ccc(-c2cc(NC(=O)C3CC3)nc3[nH]ccc23)cc1. The van der Waals surface area contributed by atoms with Crippen molar-refractivity contribution in [2.75, 3.05) is 11.1 Å². The summed E-state index contributed by atoms with van der Waals surface area (Å²) in [6.45, 7) is 3.41. The van der Waals surface area contributed by atoms with Crippen LogP contribution in [0.15, 0.2) is 55.3 Å². The molecule has 8 heteroatoms. The third kappa shape index (κ3) is 3.91. The third-order valence-electron chi connectivity index (χ3n) is 4.44. The van der Waals surface area contributed by atoms with Crippen LogP contribution in [0.25, 0.3) is 22.2 Å². The fourth-order valence-electron chi connectivity index (χ4n) is 2.93. The Hall–Kier alpha value is -3.13. The van der Waals surface area contributed by atoms with Gasteiger partial charge in [0, 0.05) is 17.5 Å². The van der Waals surface area contributed by atoms with Crippen LogP contribution in [0.3, 0.4) is 0 Å². The molecule has 0 bridgehead atoms. The summed E-state index contributed by atoms with van der Waals surface area (Å²) in [4.78, 5) is 19.6. The van der Waals surface area contributed by atoms with Crippen LogP contribution >= 0.6 is 0 Å². The van der Waals surface area contributed by atoms with Gasteiger partial charge in [-0.05, 0) is 48.2 Å². The molecule has 1 aromatic carbocycles. The molecule has 0 aliphatic heterocycles. The summed E-state index contributed by atoms with van der Waals surface area (Å²) in [5.41, 5.74) is 2.39. The van der Waals surface area contributed by atoms with E-state index in [2.05, 4.69) is 21.9 Å². The molecule has 2 aromatic heterocycles. The van der Waals surface area contributed by atoms with Gasteiger partial charge >= 0.3 is 10.1 Å². The molecule has 0 atom stereocenters. The normalized spacial score (nSPS) is 14.0. The standard InChI is InChI=1S/C20H19N3O4S/c1-2-11-28(25,26)27-15-7-5-13(6-8-15)17-12-18(23-20(24)14-3-4-14)22-19-16(17)9-10-21-19/h2,5-10,12,14H,1,3-4,11H2,(H2,21,22,23,24). The Balaban J connectivity index is 1.65. The number of carbonyl (C=O) groups is 1. The fraction of sp³-hybridized carbons (Fsp3) is 0.200. The zero-order valence-electron chi connectivity index (χ0n) is 15.0. The van der Waals surface area contributed by atoms with Gasteiger partial charge in [-0.15, -0.1) is 6.58 Å². The van der Waals surface area contributed by atoms with Crippen LogP contribution in [0.4, 0.5) is 5.82 Å². The number of carbonyl (C=O) groups excluding carboxylic acids is 1. The Morgan fingerprint density at radius 1 is 1.29 bits per heavy atom. The number of fused-ring (bicyclic) bond motifs is 1. The summed E-state index contributed by atoms with van der Waals surface area (Å²) in [6.07, 6.45) is 4.90. The topological polar surface area (TPSA) is 101 Å². The monoisotopic (exact) mass is 397 g/mol. The predicted octanol–water partition coefficient (Wildman–Crippen LogP) is 3.47. The summed E-state index contributed by atoms with van der Waals surface area (Å²) in [5, 5.41) is 3.77. The molecule has 0 unspecified atom stereocenters. The van der Waals surface area contributed by atoms with Crippen molar-refractivity contribution in [3.8, 4) is 16.9 Å². The molecule has 1 saturated carbocycles. The molecule has 144 valence electrons. The van der Waals surface area contributed by atoms with E-state index < -0.39 is 10.1 Å². The van der Waals surface area contributed by atoms with Crippen LogP contribution < -0.4 is 9.50 Å². The van der Waals surface area contributed by atoms with E-state index in [9.17, 15) is 13.2 Å². The van der Waals surface area contributed by atoms with E-state index in [0.29, 0.717) is 11.5 Å². The second-order valence-electron chi connectivity index (χ2n) is 6.68. The fourth-order valence-corrected chi connectivity index (χ4v) is 3.69. The lowest BCUT2D eigenvalue weighted by molar-refractivity contribution is -0.117. The molecular formula is C20H19N3O4S. The van der Waals surface area contributed by atoms with Crippen molar-refractivity contribution in [1.29, 1.82) is 0 Å². The molecule has 1 aliphatic rings. The number of amides is 1. The molecule has 7 nitrogen and oxygen atoms in total. The molecule has 28 heavy (non-hydrogen) atoms. The maximum Gasteiger partial charge on any atom is 0.312 e. The number of nitrogens with one attached hydrogen (secondary N) is 2. The Morgan fingerprint density at radius 2 is 2.04 bits per heavy atom. The van der Waals surface area contributed by atoms with E-state index in [4.69, 9.17) is 4.18 Å². The van der Waals surface area contributed by atoms with Crippen molar-refractivity contribution in [1.82, 2.24) is 9.97 Å². The van der Waals surface area contributed by atoms with Gasteiger partial charge in [-0.1, -0.05) is 18.2 Å². The number of H-pyrrole nitrogens is 1. The molecule has 2 N–H and O–H groups in total. The number of pyridine rings is 1. The minimum atomic E-state index is -3.69. The van der Waals surface area contributed by atoms with Crippen molar-refractivity contribution < 1.29 is 17.4 Å². The van der Waals surface area contributed by atoms with Crippen LogP contribution in [-0.4, -0.2) is 30.0 Å². The van der Waals surface area contributed by atoms with Gasteiger partial charge in [0.25, 0.3) is 0 Å². The smallest absolute Gasteiger partial charge is 0.312 e. The first kappa shape index (κ1) is 18.2. The van der Waals surface area contributed by atoms with Crippen LogP contribution in [0.5, 0.6) is 5.75 Å². The average molecular weight is 397 g/mol.